The number of piperazine rings is 1. The lowest BCUT2D eigenvalue weighted by atomic mass is 9.99. The second-order valence-electron chi connectivity index (χ2n) is 7.21. The Kier molecular flexibility index (Phi) is 5.60. The van der Waals surface area contributed by atoms with Gasteiger partial charge in [-0.3, -0.25) is 14.5 Å². The molecule has 4 rings (SSSR count). The van der Waals surface area contributed by atoms with Crippen LogP contribution in [0.25, 0.3) is 0 Å². The smallest absolute Gasteiger partial charge is 0.264 e. The van der Waals surface area contributed by atoms with Crippen LogP contribution in [-0.4, -0.2) is 74.9 Å². The Bertz CT molecular complexity index is 905. The molecule has 29 heavy (non-hydrogen) atoms. The summed E-state index contributed by atoms with van der Waals surface area (Å²) in [7, 11) is 1.64. The summed E-state index contributed by atoms with van der Waals surface area (Å²) in [4.78, 5) is 33.6. The number of methoxy groups -OCH3 is 1. The maximum absolute atomic E-state index is 13.2. The van der Waals surface area contributed by atoms with Crippen molar-refractivity contribution < 1.29 is 14.3 Å². The SMILES string of the molecule is CCc1nc2n(n1)C(=O)C(C(c1ccc(OC)cc1)N1CCN(C(C)=O)CC1)S2. The number of carbonyl (C=O) groups is 2. The second-order valence-corrected chi connectivity index (χ2v) is 8.32. The fourth-order valence-electron chi connectivity index (χ4n) is 3.89. The van der Waals surface area contributed by atoms with Crippen molar-refractivity contribution in [2.24, 2.45) is 0 Å². The molecule has 0 saturated carbocycles. The first-order valence-electron chi connectivity index (χ1n) is 9.82. The Hall–Kier alpha value is -2.39. The molecule has 9 heteroatoms. The van der Waals surface area contributed by atoms with E-state index in [1.54, 1.807) is 14.0 Å². The molecule has 1 amide bonds. The topological polar surface area (TPSA) is 80.6 Å². The lowest BCUT2D eigenvalue weighted by molar-refractivity contribution is -0.130. The van der Waals surface area contributed by atoms with E-state index < -0.39 is 0 Å². The minimum Gasteiger partial charge on any atom is -0.497 e. The number of rotatable bonds is 5. The van der Waals surface area contributed by atoms with Crippen molar-refractivity contribution in [1.82, 2.24) is 24.6 Å². The minimum atomic E-state index is -0.326. The monoisotopic (exact) mass is 415 g/mol. The van der Waals surface area contributed by atoms with Gasteiger partial charge in [-0.2, -0.15) is 4.68 Å². The fourth-order valence-corrected chi connectivity index (χ4v) is 5.16. The van der Waals surface area contributed by atoms with E-state index in [0.717, 1.165) is 24.4 Å². The van der Waals surface area contributed by atoms with Gasteiger partial charge in [0.25, 0.3) is 5.91 Å². The number of benzene rings is 1. The number of hydrogen-bond acceptors (Lipinski definition) is 7. The molecular formula is C20H25N5O3S. The number of aryl methyl sites for hydroxylation is 1. The Balaban J connectivity index is 1.63. The third-order valence-electron chi connectivity index (χ3n) is 5.52. The average Bonchev–Trinajstić information content (AvgIpc) is 3.28. The average molecular weight is 416 g/mol. The third-order valence-corrected chi connectivity index (χ3v) is 6.71. The predicted octanol–water partition coefficient (Wildman–Crippen LogP) is 1.87. The molecule has 0 N–H and O–H groups in total. The highest BCUT2D eigenvalue weighted by molar-refractivity contribution is 8.00. The lowest BCUT2D eigenvalue weighted by Gasteiger charge is -2.40. The Morgan fingerprint density at radius 2 is 1.93 bits per heavy atom. The van der Waals surface area contributed by atoms with Crippen LogP contribution < -0.4 is 4.74 Å². The molecule has 0 radical (unpaired) electrons. The Morgan fingerprint density at radius 1 is 1.24 bits per heavy atom. The number of carbonyl (C=O) groups excluding carboxylic acids is 2. The number of nitrogens with zero attached hydrogens (tertiary/aromatic N) is 5. The van der Waals surface area contributed by atoms with Gasteiger partial charge in [-0.05, 0) is 17.7 Å². The Morgan fingerprint density at radius 3 is 2.48 bits per heavy atom. The van der Waals surface area contributed by atoms with E-state index in [9.17, 15) is 9.59 Å². The summed E-state index contributed by atoms with van der Waals surface area (Å²) in [5.41, 5.74) is 1.05. The molecule has 0 spiro atoms. The van der Waals surface area contributed by atoms with Gasteiger partial charge in [0, 0.05) is 39.5 Å². The van der Waals surface area contributed by atoms with Crippen molar-refractivity contribution in [2.45, 2.75) is 36.7 Å². The van der Waals surface area contributed by atoms with Gasteiger partial charge in [0.15, 0.2) is 11.0 Å². The van der Waals surface area contributed by atoms with Gasteiger partial charge in [0.05, 0.1) is 13.2 Å². The molecule has 1 saturated heterocycles. The quantitative estimate of drug-likeness (QED) is 0.737. The first kappa shape index (κ1) is 19.9. The predicted molar refractivity (Wildman–Crippen MR) is 109 cm³/mol. The highest BCUT2D eigenvalue weighted by atomic mass is 32.2. The first-order valence-corrected chi connectivity index (χ1v) is 10.7. The van der Waals surface area contributed by atoms with Crippen molar-refractivity contribution >= 4 is 23.6 Å². The molecule has 3 heterocycles. The van der Waals surface area contributed by atoms with Gasteiger partial charge in [-0.1, -0.05) is 30.8 Å². The van der Waals surface area contributed by atoms with Crippen molar-refractivity contribution in [1.29, 1.82) is 0 Å². The molecule has 1 aromatic carbocycles. The number of hydrogen-bond donors (Lipinski definition) is 0. The van der Waals surface area contributed by atoms with Crippen LogP contribution in [0, 0.1) is 0 Å². The van der Waals surface area contributed by atoms with Crippen LogP contribution in [0.4, 0.5) is 0 Å². The molecule has 0 aliphatic carbocycles. The van der Waals surface area contributed by atoms with E-state index in [2.05, 4.69) is 15.0 Å². The number of amides is 1. The molecule has 1 fully saturated rings. The van der Waals surface area contributed by atoms with Crippen LogP contribution in [0.5, 0.6) is 5.75 Å². The van der Waals surface area contributed by atoms with Crippen LogP contribution in [0.15, 0.2) is 29.4 Å². The number of aromatic nitrogens is 3. The van der Waals surface area contributed by atoms with Crippen molar-refractivity contribution in [2.75, 3.05) is 33.3 Å². The van der Waals surface area contributed by atoms with Crippen LogP contribution >= 0.6 is 11.8 Å². The highest BCUT2D eigenvalue weighted by Gasteiger charge is 2.43. The van der Waals surface area contributed by atoms with Gasteiger partial charge in [-0.25, -0.2) is 4.98 Å². The molecule has 0 bridgehead atoms. The summed E-state index contributed by atoms with van der Waals surface area (Å²) < 4.78 is 6.75. The molecule has 154 valence electrons. The van der Waals surface area contributed by atoms with Gasteiger partial charge >= 0.3 is 0 Å². The summed E-state index contributed by atoms with van der Waals surface area (Å²) in [6, 6.07) is 7.75. The summed E-state index contributed by atoms with van der Waals surface area (Å²) in [5.74, 6) is 1.53. The molecule has 2 aliphatic rings. The zero-order valence-corrected chi connectivity index (χ0v) is 17.7. The minimum absolute atomic E-state index is 0.0352. The van der Waals surface area contributed by atoms with Crippen molar-refractivity contribution in [3.63, 3.8) is 0 Å². The van der Waals surface area contributed by atoms with E-state index in [1.165, 1.54) is 16.4 Å². The molecule has 2 aliphatic heterocycles. The van der Waals surface area contributed by atoms with Crippen LogP contribution in [0.1, 0.15) is 36.1 Å². The molecule has 2 atom stereocenters. The number of fused-ring (bicyclic) bond motifs is 1. The van der Waals surface area contributed by atoms with Crippen molar-refractivity contribution in [3.05, 3.63) is 35.7 Å². The zero-order chi connectivity index (χ0) is 20.5. The standard InChI is InChI=1S/C20H25N5O3S/c1-4-16-21-20-25(22-16)19(27)18(29-20)17(14-5-7-15(28-3)8-6-14)24-11-9-23(10-12-24)13(2)26/h5-8,17-18H,4,9-12H2,1-3H3. The molecular weight excluding hydrogens is 390 g/mol. The second kappa shape index (κ2) is 8.16. The Labute approximate surface area is 174 Å². The highest BCUT2D eigenvalue weighted by Crippen LogP contribution is 2.41. The van der Waals surface area contributed by atoms with Gasteiger partial charge in [0.2, 0.25) is 5.91 Å². The van der Waals surface area contributed by atoms with Crippen LogP contribution in [-0.2, 0) is 11.2 Å². The van der Waals surface area contributed by atoms with E-state index in [0.29, 0.717) is 30.5 Å². The molecule has 1 aromatic heterocycles. The largest absolute Gasteiger partial charge is 0.497 e. The summed E-state index contributed by atoms with van der Waals surface area (Å²) >= 11 is 1.48. The summed E-state index contributed by atoms with van der Waals surface area (Å²) in [5, 5.41) is 4.71. The zero-order valence-electron chi connectivity index (χ0n) is 16.9. The molecule has 8 nitrogen and oxygen atoms in total. The van der Waals surface area contributed by atoms with E-state index >= 15 is 0 Å². The van der Waals surface area contributed by atoms with E-state index in [4.69, 9.17) is 4.74 Å². The lowest BCUT2D eigenvalue weighted by Crippen LogP contribution is -2.51. The summed E-state index contributed by atoms with van der Waals surface area (Å²) in [6.45, 7) is 6.34. The first-order chi connectivity index (χ1) is 14.0. The number of thioether (sulfide) groups is 1. The van der Waals surface area contributed by atoms with Gasteiger partial charge in [-0.15, -0.1) is 5.10 Å². The van der Waals surface area contributed by atoms with E-state index in [1.807, 2.05) is 36.1 Å². The maximum atomic E-state index is 13.2. The maximum Gasteiger partial charge on any atom is 0.264 e. The van der Waals surface area contributed by atoms with Gasteiger partial charge in [0.1, 0.15) is 11.0 Å². The molecule has 2 aromatic rings. The molecule has 2 unspecified atom stereocenters. The normalized spacial score (nSPS) is 20.6. The van der Waals surface area contributed by atoms with Gasteiger partial charge < -0.3 is 9.64 Å². The van der Waals surface area contributed by atoms with Crippen LogP contribution in [0.2, 0.25) is 0 Å². The number of ether oxygens (including phenoxy) is 1. The third kappa shape index (κ3) is 3.76. The fraction of sp³-hybridized carbons (Fsp3) is 0.500. The summed E-state index contributed by atoms with van der Waals surface area (Å²) in [6.07, 6.45) is 0.702. The van der Waals surface area contributed by atoms with Crippen LogP contribution in [0.3, 0.4) is 0 Å². The van der Waals surface area contributed by atoms with E-state index in [-0.39, 0.29) is 23.1 Å². The van der Waals surface area contributed by atoms with Crippen molar-refractivity contribution in [3.8, 4) is 5.75 Å².